The number of aliphatic hydroxyl groups is 3. The van der Waals surface area contributed by atoms with Crippen LogP contribution >= 0.6 is 0 Å². The molecule has 0 saturated carbocycles. The summed E-state index contributed by atoms with van der Waals surface area (Å²) in [5, 5.41) is 31.1. The van der Waals surface area contributed by atoms with Crippen LogP contribution in [0.2, 0.25) is 0 Å². The number of hydrogen-bond acceptors (Lipinski definition) is 11. The molecule has 12 nitrogen and oxygen atoms in total. The van der Waals surface area contributed by atoms with Crippen LogP contribution in [0.25, 0.3) is 0 Å². The van der Waals surface area contributed by atoms with Crippen molar-refractivity contribution in [3.8, 4) is 0 Å². The molecule has 1 aliphatic rings. The van der Waals surface area contributed by atoms with Crippen molar-refractivity contribution >= 4 is 22.1 Å². The molecule has 416 valence electrons. The standard InChI is InChI=1S/C57H110O12S/c1-3-5-7-9-11-13-15-17-19-21-23-24-25-26-28-30-32-34-36-38-40-42-44-46-53(59)68-50(48-67-57-56(62)55(61)54(60)51(69-57)49-70(63,64)65)47-66-52(58)45-43-41-39-37-35-33-31-29-27-22-20-18-16-14-12-10-8-6-4-2/h50-51,54-57,60-62H,3-49H2,1-2H3,(H,63,64,65). The van der Waals surface area contributed by atoms with Crippen molar-refractivity contribution in [1.29, 1.82) is 0 Å². The van der Waals surface area contributed by atoms with Gasteiger partial charge in [-0.3, -0.25) is 14.1 Å². The average Bonchev–Trinajstić information content (AvgIpc) is 3.33. The molecule has 0 bridgehead atoms. The van der Waals surface area contributed by atoms with Crippen molar-refractivity contribution in [2.45, 2.75) is 333 Å². The number of aliphatic hydroxyl groups excluding tert-OH is 3. The maximum absolute atomic E-state index is 12.9. The SMILES string of the molecule is CCCCCCCCCCCCCCCCCCCCCCCCCC(=O)OC(COC(=O)CCCCCCCCCCCCCCCCCCCCC)COC1OC(CS(=O)(=O)O)C(O)C(O)C1O. The third-order valence-electron chi connectivity index (χ3n) is 14.2. The molecule has 0 aromatic carbocycles. The van der Waals surface area contributed by atoms with Crippen molar-refractivity contribution in [2.24, 2.45) is 0 Å². The number of ether oxygens (including phenoxy) is 4. The largest absolute Gasteiger partial charge is 0.462 e. The van der Waals surface area contributed by atoms with Crippen LogP contribution in [0, 0.1) is 0 Å². The summed E-state index contributed by atoms with van der Waals surface area (Å²) in [7, 11) is -4.60. The van der Waals surface area contributed by atoms with Gasteiger partial charge in [0.15, 0.2) is 12.4 Å². The third kappa shape index (κ3) is 41.1. The monoisotopic (exact) mass is 1020 g/mol. The second kappa shape index (κ2) is 47.4. The molecule has 1 heterocycles. The number of esters is 2. The lowest BCUT2D eigenvalue weighted by molar-refractivity contribution is -0.297. The smallest absolute Gasteiger partial charge is 0.306 e. The van der Waals surface area contributed by atoms with Gasteiger partial charge in [0.1, 0.15) is 36.8 Å². The van der Waals surface area contributed by atoms with E-state index >= 15 is 0 Å². The first-order valence-corrected chi connectivity index (χ1v) is 31.2. The van der Waals surface area contributed by atoms with Crippen LogP contribution in [-0.2, 0) is 38.7 Å². The molecule has 0 radical (unpaired) electrons. The van der Waals surface area contributed by atoms with Gasteiger partial charge in [-0.15, -0.1) is 0 Å². The first-order chi connectivity index (χ1) is 34.0. The Kier molecular flexibility index (Phi) is 45.1. The van der Waals surface area contributed by atoms with Gasteiger partial charge in [-0.25, -0.2) is 0 Å². The molecular formula is C57H110O12S. The van der Waals surface area contributed by atoms with Crippen molar-refractivity contribution in [3.63, 3.8) is 0 Å². The predicted octanol–water partition coefficient (Wildman–Crippen LogP) is 14.4. The molecule has 0 aromatic heterocycles. The number of hydrogen-bond donors (Lipinski definition) is 4. The first-order valence-electron chi connectivity index (χ1n) is 29.6. The van der Waals surface area contributed by atoms with E-state index in [0.29, 0.717) is 12.8 Å². The highest BCUT2D eigenvalue weighted by atomic mass is 32.2. The first kappa shape index (κ1) is 66.7. The van der Waals surface area contributed by atoms with Gasteiger partial charge in [0.25, 0.3) is 10.1 Å². The number of rotatable bonds is 52. The predicted molar refractivity (Wildman–Crippen MR) is 284 cm³/mol. The van der Waals surface area contributed by atoms with Gasteiger partial charge in [-0.2, -0.15) is 8.42 Å². The minimum Gasteiger partial charge on any atom is -0.462 e. The second-order valence-corrected chi connectivity index (χ2v) is 22.5. The van der Waals surface area contributed by atoms with E-state index < -0.39 is 71.2 Å². The Morgan fingerprint density at radius 2 is 0.729 bits per heavy atom. The van der Waals surface area contributed by atoms with Crippen molar-refractivity contribution in [2.75, 3.05) is 19.0 Å². The van der Waals surface area contributed by atoms with Gasteiger partial charge in [0.05, 0.1) is 6.61 Å². The van der Waals surface area contributed by atoms with Gasteiger partial charge < -0.3 is 34.3 Å². The van der Waals surface area contributed by atoms with Crippen molar-refractivity contribution in [1.82, 2.24) is 0 Å². The Balaban J connectivity index is 2.28. The minimum atomic E-state index is -4.60. The maximum Gasteiger partial charge on any atom is 0.306 e. The minimum absolute atomic E-state index is 0.174. The quantitative estimate of drug-likeness (QED) is 0.0257. The zero-order valence-corrected chi connectivity index (χ0v) is 46.0. The van der Waals surface area contributed by atoms with E-state index in [9.17, 15) is 37.9 Å². The lowest BCUT2D eigenvalue weighted by Crippen LogP contribution is -2.60. The highest BCUT2D eigenvalue weighted by molar-refractivity contribution is 7.85. The van der Waals surface area contributed by atoms with E-state index in [1.165, 1.54) is 218 Å². The topological polar surface area (TPSA) is 186 Å². The molecule has 0 amide bonds. The molecule has 6 unspecified atom stereocenters. The average molecular weight is 1020 g/mol. The Bertz CT molecular complexity index is 1280. The maximum atomic E-state index is 12.9. The molecule has 0 spiro atoms. The Morgan fingerprint density at radius 1 is 0.429 bits per heavy atom. The number of carbonyl (C=O) groups is 2. The van der Waals surface area contributed by atoms with E-state index in [1.54, 1.807) is 0 Å². The van der Waals surface area contributed by atoms with E-state index in [2.05, 4.69) is 13.8 Å². The lowest BCUT2D eigenvalue weighted by atomic mass is 10.00. The van der Waals surface area contributed by atoms with Gasteiger partial charge in [-0.05, 0) is 12.8 Å². The second-order valence-electron chi connectivity index (χ2n) is 21.0. The molecule has 4 N–H and O–H groups in total. The van der Waals surface area contributed by atoms with E-state index in [0.717, 1.165) is 38.5 Å². The normalized spacial score (nSPS) is 18.9. The molecule has 1 saturated heterocycles. The van der Waals surface area contributed by atoms with Crippen LogP contribution in [0.5, 0.6) is 0 Å². The Labute approximate surface area is 429 Å². The van der Waals surface area contributed by atoms with Crippen LogP contribution in [0.1, 0.15) is 296 Å². The fourth-order valence-corrected chi connectivity index (χ4v) is 10.3. The third-order valence-corrected chi connectivity index (χ3v) is 14.9. The van der Waals surface area contributed by atoms with Crippen molar-refractivity contribution < 1.29 is 56.8 Å². The van der Waals surface area contributed by atoms with Gasteiger partial charge in [0, 0.05) is 12.8 Å². The summed E-state index contributed by atoms with van der Waals surface area (Å²) < 4.78 is 54.4. The van der Waals surface area contributed by atoms with E-state index in [1.807, 2.05) is 0 Å². The summed E-state index contributed by atoms with van der Waals surface area (Å²) in [6.07, 6.45) is 44.3. The summed E-state index contributed by atoms with van der Waals surface area (Å²) in [6.45, 7) is 3.84. The van der Waals surface area contributed by atoms with E-state index in [-0.39, 0.29) is 19.4 Å². The molecule has 6 atom stereocenters. The number of carbonyl (C=O) groups excluding carboxylic acids is 2. The van der Waals surface area contributed by atoms with Gasteiger partial charge in [-0.1, -0.05) is 271 Å². The number of unbranched alkanes of at least 4 members (excludes halogenated alkanes) is 40. The van der Waals surface area contributed by atoms with Crippen LogP contribution in [0.4, 0.5) is 0 Å². The highest BCUT2D eigenvalue weighted by Crippen LogP contribution is 2.24. The van der Waals surface area contributed by atoms with Gasteiger partial charge in [0.2, 0.25) is 0 Å². The van der Waals surface area contributed by atoms with Gasteiger partial charge >= 0.3 is 11.9 Å². The molecule has 1 aliphatic heterocycles. The zero-order valence-electron chi connectivity index (χ0n) is 45.2. The molecule has 1 fully saturated rings. The zero-order chi connectivity index (χ0) is 51.2. The molecule has 13 heteroatoms. The molecule has 0 aromatic rings. The highest BCUT2D eigenvalue weighted by Gasteiger charge is 2.46. The molecule has 70 heavy (non-hydrogen) atoms. The summed E-state index contributed by atoms with van der Waals surface area (Å²) in [5.74, 6) is -1.95. The summed E-state index contributed by atoms with van der Waals surface area (Å²) >= 11 is 0. The molecule has 0 aliphatic carbocycles. The molecule has 1 rings (SSSR count). The Hall–Kier alpha value is -1.35. The Morgan fingerprint density at radius 3 is 1.04 bits per heavy atom. The summed E-state index contributed by atoms with van der Waals surface area (Å²) in [4.78, 5) is 25.6. The van der Waals surface area contributed by atoms with Crippen LogP contribution in [-0.4, -0.2) is 96.0 Å². The van der Waals surface area contributed by atoms with Crippen LogP contribution in [0.15, 0.2) is 0 Å². The van der Waals surface area contributed by atoms with E-state index in [4.69, 9.17) is 18.9 Å². The summed E-state index contributed by atoms with van der Waals surface area (Å²) in [5.41, 5.74) is 0. The fourth-order valence-electron chi connectivity index (χ4n) is 9.62. The lowest BCUT2D eigenvalue weighted by Gasteiger charge is -2.40. The van der Waals surface area contributed by atoms with Crippen LogP contribution < -0.4 is 0 Å². The molecular weight excluding hydrogens is 909 g/mol. The van der Waals surface area contributed by atoms with Crippen LogP contribution in [0.3, 0.4) is 0 Å². The van der Waals surface area contributed by atoms with Crippen molar-refractivity contribution in [3.05, 3.63) is 0 Å². The summed E-state index contributed by atoms with van der Waals surface area (Å²) in [6, 6.07) is 0. The fraction of sp³-hybridized carbons (Fsp3) is 0.965.